The van der Waals surface area contributed by atoms with Crippen molar-refractivity contribution in [3.05, 3.63) is 65.9 Å². The molecule has 3 heterocycles. The third-order valence-electron chi connectivity index (χ3n) is 5.05. The lowest BCUT2D eigenvalue weighted by molar-refractivity contribution is 0.0725. The second kappa shape index (κ2) is 5.69. The van der Waals surface area contributed by atoms with Gasteiger partial charge in [0.25, 0.3) is 5.91 Å². The number of carbonyl (C=O) groups excluding carboxylic acids is 1. The average molecular weight is 348 g/mol. The molecular weight excluding hydrogens is 331 g/mol. The molecule has 0 spiro atoms. The van der Waals surface area contributed by atoms with Crippen LogP contribution < -0.4 is 0 Å². The molecule has 1 aliphatic heterocycles. The average Bonchev–Trinajstić information content (AvgIpc) is 3.36. The largest absolute Gasteiger partial charge is 0.351 e. The highest BCUT2D eigenvalue weighted by atomic mass is 19.1. The Morgan fingerprint density at radius 1 is 1.12 bits per heavy atom. The van der Waals surface area contributed by atoms with Crippen LogP contribution in [0.1, 0.15) is 35.2 Å². The van der Waals surface area contributed by atoms with Gasteiger partial charge in [-0.25, -0.2) is 9.37 Å². The minimum Gasteiger partial charge on any atom is -0.351 e. The van der Waals surface area contributed by atoms with Crippen LogP contribution in [0, 0.1) is 5.82 Å². The summed E-state index contributed by atoms with van der Waals surface area (Å²) in [5.41, 5.74) is 2.90. The molecule has 26 heavy (non-hydrogen) atoms. The van der Waals surface area contributed by atoms with Gasteiger partial charge in [0.2, 0.25) is 0 Å². The number of rotatable bonds is 2. The van der Waals surface area contributed by atoms with Crippen LogP contribution in [0.2, 0.25) is 0 Å². The number of nitrogens with one attached hydrogen (secondary N) is 2. The summed E-state index contributed by atoms with van der Waals surface area (Å²) < 4.78 is 13.4. The number of nitrogens with zero attached hydrogens (tertiary/aromatic N) is 2. The minimum absolute atomic E-state index is 0.0321. The fraction of sp³-hybridized carbons (Fsp3) is 0.200. The van der Waals surface area contributed by atoms with Gasteiger partial charge >= 0.3 is 0 Å². The first-order chi connectivity index (χ1) is 12.7. The Morgan fingerprint density at radius 3 is 2.88 bits per heavy atom. The van der Waals surface area contributed by atoms with Crippen molar-refractivity contribution in [2.24, 2.45) is 0 Å². The van der Waals surface area contributed by atoms with Crippen molar-refractivity contribution in [3.63, 3.8) is 0 Å². The van der Waals surface area contributed by atoms with Crippen LogP contribution in [0.4, 0.5) is 4.39 Å². The van der Waals surface area contributed by atoms with Crippen molar-refractivity contribution in [1.29, 1.82) is 0 Å². The summed E-state index contributed by atoms with van der Waals surface area (Å²) in [4.78, 5) is 25.9. The quantitative estimate of drug-likeness (QED) is 0.571. The maximum absolute atomic E-state index is 13.4. The Morgan fingerprint density at radius 2 is 2.00 bits per heavy atom. The lowest BCUT2D eigenvalue weighted by Crippen LogP contribution is -2.31. The first-order valence-corrected chi connectivity index (χ1v) is 8.73. The molecule has 6 heteroatoms. The number of aromatic nitrogens is 3. The van der Waals surface area contributed by atoms with Gasteiger partial charge in [0, 0.05) is 17.4 Å². The number of H-pyrrole nitrogens is 2. The Kier molecular flexibility index (Phi) is 3.31. The summed E-state index contributed by atoms with van der Waals surface area (Å²) in [7, 11) is 0. The van der Waals surface area contributed by atoms with Gasteiger partial charge in [-0.05, 0) is 43.2 Å². The summed E-state index contributed by atoms with van der Waals surface area (Å²) in [6, 6.07) is 14.1. The molecule has 2 aromatic heterocycles. The van der Waals surface area contributed by atoms with Crippen molar-refractivity contribution in [2.45, 2.75) is 18.9 Å². The van der Waals surface area contributed by atoms with Crippen LogP contribution in [0.15, 0.2) is 48.5 Å². The Hall–Kier alpha value is -3.15. The number of fused-ring (bicyclic) bond motifs is 2. The molecule has 0 radical (unpaired) electrons. The van der Waals surface area contributed by atoms with Crippen molar-refractivity contribution < 1.29 is 9.18 Å². The van der Waals surface area contributed by atoms with E-state index in [9.17, 15) is 9.18 Å². The van der Waals surface area contributed by atoms with Gasteiger partial charge in [-0.1, -0.05) is 18.2 Å². The van der Waals surface area contributed by atoms with E-state index in [1.807, 2.05) is 35.2 Å². The highest BCUT2D eigenvalue weighted by Gasteiger charge is 2.33. The molecule has 5 rings (SSSR count). The van der Waals surface area contributed by atoms with Gasteiger partial charge in [0.1, 0.15) is 17.3 Å². The Labute approximate surface area is 148 Å². The number of hydrogen-bond acceptors (Lipinski definition) is 2. The van der Waals surface area contributed by atoms with Crippen molar-refractivity contribution >= 4 is 27.8 Å². The smallest absolute Gasteiger partial charge is 0.270 e. The summed E-state index contributed by atoms with van der Waals surface area (Å²) >= 11 is 0. The fourth-order valence-corrected chi connectivity index (χ4v) is 3.80. The number of likely N-dealkylation sites (tertiary alicyclic amines) is 1. The van der Waals surface area contributed by atoms with E-state index in [4.69, 9.17) is 0 Å². The molecule has 1 amide bonds. The number of aromatic amines is 2. The normalized spacial score (nSPS) is 17.4. The zero-order valence-electron chi connectivity index (χ0n) is 14.0. The summed E-state index contributed by atoms with van der Waals surface area (Å²) in [5.74, 6) is 0.382. The summed E-state index contributed by atoms with van der Waals surface area (Å²) in [6.07, 6.45) is 1.76. The summed E-state index contributed by atoms with van der Waals surface area (Å²) in [5, 5.41) is 1.02. The first kappa shape index (κ1) is 15.1. The monoisotopic (exact) mass is 348 g/mol. The number of benzene rings is 2. The predicted octanol–water partition coefficient (Wildman–Crippen LogP) is 4.16. The molecule has 2 N–H and O–H groups in total. The van der Waals surface area contributed by atoms with E-state index < -0.39 is 0 Å². The second-order valence-electron chi connectivity index (χ2n) is 6.71. The molecule has 0 bridgehead atoms. The maximum atomic E-state index is 13.4. The Balaban J connectivity index is 1.50. The van der Waals surface area contributed by atoms with Gasteiger partial charge in [-0.15, -0.1) is 0 Å². The predicted molar refractivity (Wildman–Crippen MR) is 97.4 cm³/mol. The summed E-state index contributed by atoms with van der Waals surface area (Å²) in [6.45, 7) is 0.685. The molecule has 130 valence electrons. The third-order valence-corrected chi connectivity index (χ3v) is 5.05. The SMILES string of the molecule is O=C(c1cc2ccccc2[nH]1)N1CCCC1c1nc2ccc(F)cc2[nH]1. The molecule has 1 aliphatic rings. The molecule has 0 saturated carbocycles. The van der Waals surface area contributed by atoms with E-state index in [0.29, 0.717) is 29.1 Å². The second-order valence-corrected chi connectivity index (χ2v) is 6.71. The number of hydrogen-bond donors (Lipinski definition) is 2. The van der Waals surface area contributed by atoms with Crippen molar-refractivity contribution in [3.8, 4) is 0 Å². The van der Waals surface area contributed by atoms with Gasteiger partial charge in [0.15, 0.2) is 0 Å². The van der Waals surface area contributed by atoms with Gasteiger partial charge < -0.3 is 14.9 Å². The zero-order chi connectivity index (χ0) is 17.7. The highest BCUT2D eigenvalue weighted by Crippen LogP contribution is 2.33. The van der Waals surface area contributed by atoms with E-state index in [1.54, 1.807) is 6.07 Å². The van der Waals surface area contributed by atoms with Gasteiger partial charge in [0.05, 0.1) is 17.1 Å². The molecule has 0 aliphatic carbocycles. The number of halogens is 1. The van der Waals surface area contributed by atoms with Crippen LogP contribution >= 0.6 is 0 Å². The Bertz CT molecular complexity index is 1100. The van der Waals surface area contributed by atoms with Crippen LogP contribution in [0.5, 0.6) is 0 Å². The topological polar surface area (TPSA) is 64.8 Å². The fourth-order valence-electron chi connectivity index (χ4n) is 3.80. The van der Waals surface area contributed by atoms with Crippen LogP contribution in [-0.2, 0) is 0 Å². The van der Waals surface area contributed by atoms with E-state index in [2.05, 4.69) is 15.0 Å². The van der Waals surface area contributed by atoms with Crippen LogP contribution in [-0.4, -0.2) is 32.3 Å². The molecule has 1 atom stereocenters. The lowest BCUT2D eigenvalue weighted by Gasteiger charge is -2.22. The van der Waals surface area contributed by atoms with Gasteiger partial charge in [-0.3, -0.25) is 4.79 Å². The molecule has 1 saturated heterocycles. The van der Waals surface area contributed by atoms with Crippen molar-refractivity contribution in [2.75, 3.05) is 6.54 Å². The van der Waals surface area contributed by atoms with Crippen LogP contribution in [0.3, 0.4) is 0 Å². The molecule has 1 fully saturated rings. The first-order valence-electron chi connectivity index (χ1n) is 8.73. The van der Waals surface area contributed by atoms with Gasteiger partial charge in [-0.2, -0.15) is 0 Å². The standard InChI is InChI=1S/C20H17FN4O/c21-13-7-8-15-16(11-13)24-19(23-15)18-6-3-9-25(18)20(26)17-10-12-4-1-2-5-14(12)22-17/h1-2,4-5,7-8,10-11,18,22H,3,6,9H2,(H,23,24). The van der Waals surface area contributed by atoms with E-state index in [-0.39, 0.29) is 17.8 Å². The molecule has 2 aromatic carbocycles. The number of para-hydroxylation sites is 1. The third kappa shape index (κ3) is 2.37. The molecule has 5 nitrogen and oxygen atoms in total. The molecular formula is C20H17FN4O. The minimum atomic E-state index is -0.301. The highest BCUT2D eigenvalue weighted by molar-refractivity contribution is 5.98. The zero-order valence-corrected chi connectivity index (χ0v) is 14.0. The van der Waals surface area contributed by atoms with E-state index in [0.717, 1.165) is 23.7 Å². The number of carbonyl (C=O) groups is 1. The lowest BCUT2D eigenvalue weighted by atomic mass is 10.2. The van der Waals surface area contributed by atoms with Crippen molar-refractivity contribution in [1.82, 2.24) is 19.9 Å². The molecule has 4 aromatic rings. The van der Waals surface area contributed by atoms with E-state index in [1.165, 1.54) is 12.1 Å². The maximum Gasteiger partial charge on any atom is 0.270 e. The number of imidazole rings is 1. The number of amides is 1. The van der Waals surface area contributed by atoms with E-state index >= 15 is 0 Å². The molecule has 1 unspecified atom stereocenters. The van der Waals surface area contributed by atoms with Crippen LogP contribution in [0.25, 0.3) is 21.9 Å².